The normalized spacial score (nSPS) is 21.4. The zero-order valence-electron chi connectivity index (χ0n) is 14.2. The first-order valence-corrected chi connectivity index (χ1v) is 8.75. The van der Waals surface area contributed by atoms with Crippen LogP contribution in [0.25, 0.3) is 0 Å². The van der Waals surface area contributed by atoms with Gasteiger partial charge < -0.3 is 15.2 Å². The summed E-state index contributed by atoms with van der Waals surface area (Å²) in [6.45, 7) is 2.75. The molecule has 2 aliphatic heterocycles. The van der Waals surface area contributed by atoms with Crippen molar-refractivity contribution in [2.75, 3.05) is 5.32 Å². The number of hydrogen-bond donors (Lipinski definition) is 2. The number of anilines is 1. The Labute approximate surface area is 145 Å². The number of rotatable bonds is 4. The number of hydrogen-bond acceptors (Lipinski definition) is 4. The first kappa shape index (κ1) is 15.8. The van der Waals surface area contributed by atoms with Crippen molar-refractivity contribution < 1.29 is 9.59 Å². The van der Waals surface area contributed by atoms with E-state index in [0.717, 1.165) is 42.2 Å². The molecule has 2 aromatic rings. The SMILES string of the molecule is CCc1nnc2n1C[C@H](NC(=O)C[C@@H]1C(=O)Nc3ccccc31)CC2. The van der Waals surface area contributed by atoms with Crippen molar-refractivity contribution in [2.45, 2.75) is 51.1 Å². The number of para-hydroxylation sites is 1. The highest BCUT2D eigenvalue weighted by Crippen LogP contribution is 2.34. The summed E-state index contributed by atoms with van der Waals surface area (Å²) in [5, 5.41) is 14.3. The van der Waals surface area contributed by atoms with Crippen molar-refractivity contribution in [3.63, 3.8) is 0 Å². The first-order chi connectivity index (χ1) is 12.2. The predicted molar refractivity (Wildman–Crippen MR) is 92.1 cm³/mol. The zero-order valence-corrected chi connectivity index (χ0v) is 14.2. The molecule has 0 bridgehead atoms. The van der Waals surface area contributed by atoms with Crippen LogP contribution in [0.5, 0.6) is 0 Å². The number of nitrogens with zero attached hydrogens (tertiary/aromatic N) is 3. The van der Waals surface area contributed by atoms with E-state index < -0.39 is 5.92 Å². The average molecular weight is 339 g/mol. The summed E-state index contributed by atoms with van der Waals surface area (Å²) in [4.78, 5) is 24.7. The maximum atomic E-state index is 12.5. The van der Waals surface area contributed by atoms with Gasteiger partial charge in [0, 0.05) is 37.5 Å². The van der Waals surface area contributed by atoms with Crippen molar-refractivity contribution >= 4 is 17.5 Å². The van der Waals surface area contributed by atoms with E-state index in [2.05, 4.69) is 32.3 Å². The van der Waals surface area contributed by atoms with Gasteiger partial charge in [-0.15, -0.1) is 10.2 Å². The Hall–Kier alpha value is -2.70. The van der Waals surface area contributed by atoms with Crippen LogP contribution in [0.2, 0.25) is 0 Å². The molecule has 0 spiro atoms. The highest BCUT2D eigenvalue weighted by Gasteiger charge is 2.32. The number of aryl methyl sites for hydroxylation is 2. The molecule has 0 radical (unpaired) electrons. The number of amides is 2. The Bertz CT molecular complexity index is 815. The maximum absolute atomic E-state index is 12.5. The molecule has 2 aliphatic rings. The molecule has 4 rings (SSSR count). The second-order valence-corrected chi connectivity index (χ2v) is 6.63. The van der Waals surface area contributed by atoms with Crippen LogP contribution < -0.4 is 10.6 Å². The van der Waals surface area contributed by atoms with Crippen LogP contribution in [0.15, 0.2) is 24.3 Å². The van der Waals surface area contributed by atoms with E-state index in [1.165, 1.54) is 0 Å². The van der Waals surface area contributed by atoms with Crippen molar-refractivity contribution in [3.8, 4) is 0 Å². The van der Waals surface area contributed by atoms with Gasteiger partial charge in [-0.05, 0) is 18.1 Å². The fourth-order valence-corrected chi connectivity index (χ4v) is 3.71. The Morgan fingerprint density at radius 2 is 2.20 bits per heavy atom. The molecule has 2 atom stereocenters. The van der Waals surface area contributed by atoms with Gasteiger partial charge in [0.05, 0.1) is 5.92 Å². The molecule has 7 nitrogen and oxygen atoms in total. The van der Waals surface area contributed by atoms with E-state index in [9.17, 15) is 9.59 Å². The van der Waals surface area contributed by atoms with Crippen molar-refractivity contribution in [1.82, 2.24) is 20.1 Å². The fourth-order valence-electron chi connectivity index (χ4n) is 3.71. The summed E-state index contributed by atoms with van der Waals surface area (Å²) < 4.78 is 2.10. The summed E-state index contributed by atoms with van der Waals surface area (Å²) in [6, 6.07) is 7.60. The predicted octanol–water partition coefficient (Wildman–Crippen LogP) is 1.40. The Balaban J connectivity index is 1.41. The molecule has 2 amide bonds. The molecular formula is C18H21N5O2. The van der Waals surface area contributed by atoms with Gasteiger partial charge in [-0.1, -0.05) is 25.1 Å². The number of aromatic nitrogens is 3. The van der Waals surface area contributed by atoms with E-state index >= 15 is 0 Å². The van der Waals surface area contributed by atoms with Gasteiger partial charge in [0.1, 0.15) is 11.6 Å². The molecule has 7 heteroatoms. The van der Waals surface area contributed by atoms with E-state index in [1.807, 2.05) is 24.3 Å². The molecular weight excluding hydrogens is 318 g/mol. The number of fused-ring (bicyclic) bond motifs is 2. The van der Waals surface area contributed by atoms with Gasteiger partial charge in [-0.25, -0.2) is 0 Å². The third-order valence-corrected chi connectivity index (χ3v) is 5.00. The van der Waals surface area contributed by atoms with Crippen LogP contribution in [0.3, 0.4) is 0 Å². The zero-order chi connectivity index (χ0) is 17.4. The molecule has 0 fully saturated rings. The standard InChI is InChI=1S/C18H21N5O2/c1-2-15-21-22-16-8-7-11(10-23(15)16)19-17(24)9-13-12-5-3-4-6-14(12)20-18(13)25/h3-6,11,13H,2,7-10H2,1H3,(H,19,24)(H,20,25)/t11-,13+/m1/s1. The largest absolute Gasteiger partial charge is 0.352 e. The van der Waals surface area contributed by atoms with Crippen molar-refractivity contribution in [3.05, 3.63) is 41.5 Å². The van der Waals surface area contributed by atoms with Gasteiger partial charge >= 0.3 is 0 Å². The highest BCUT2D eigenvalue weighted by atomic mass is 16.2. The summed E-state index contributed by atoms with van der Waals surface area (Å²) in [5.74, 6) is 1.35. The van der Waals surface area contributed by atoms with E-state index in [4.69, 9.17) is 0 Å². The lowest BCUT2D eigenvalue weighted by Gasteiger charge is -2.25. The third kappa shape index (κ3) is 2.90. The molecule has 1 aromatic carbocycles. The first-order valence-electron chi connectivity index (χ1n) is 8.75. The number of benzene rings is 1. The van der Waals surface area contributed by atoms with Gasteiger partial charge in [-0.2, -0.15) is 0 Å². The van der Waals surface area contributed by atoms with Crippen LogP contribution in [0.4, 0.5) is 5.69 Å². The van der Waals surface area contributed by atoms with Gasteiger partial charge in [-0.3, -0.25) is 9.59 Å². The second-order valence-electron chi connectivity index (χ2n) is 6.63. The van der Waals surface area contributed by atoms with E-state index in [-0.39, 0.29) is 24.3 Å². The Kier molecular flexibility index (Phi) is 3.99. The smallest absolute Gasteiger partial charge is 0.232 e. The molecule has 0 unspecified atom stereocenters. The van der Waals surface area contributed by atoms with Crippen LogP contribution in [-0.2, 0) is 29.0 Å². The molecule has 130 valence electrons. The fraction of sp³-hybridized carbons (Fsp3) is 0.444. The maximum Gasteiger partial charge on any atom is 0.232 e. The minimum atomic E-state index is -0.406. The Morgan fingerprint density at radius 1 is 1.36 bits per heavy atom. The van der Waals surface area contributed by atoms with Gasteiger partial charge in [0.2, 0.25) is 11.8 Å². The Morgan fingerprint density at radius 3 is 3.04 bits per heavy atom. The number of carbonyl (C=O) groups is 2. The van der Waals surface area contributed by atoms with Crippen LogP contribution in [-0.4, -0.2) is 32.6 Å². The summed E-state index contributed by atoms with van der Waals surface area (Å²) in [6.07, 6.45) is 2.66. The average Bonchev–Trinajstić information content (AvgIpc) is 3.15. The molecule has 3 heterocycles. The quantitative estimate of drug-likeness (QED) is 0.881. The summed E-state index contributed by atoms with van der Waals surface area (Å²) in [7, 11) is 0. The van der Waals surface area contributed by atoms with E-state index in [1.54, 1.807) is 0 Å². The molecule has 1 aromatic heterocycles. The van der Waals surface area contributed by atoms with Crippen LogP contribution >= 0.6 is 0 Å². The second kappa shape index (κ2) is 6.31. The number of nitrogens with one attached hydrogen (secondary N) is 2. The van der Waals surface area contributed by atoms with Crippen molar-refractivity contribution in [1.29, 1.82) is 0 Å². The van der Waals surface area contributed by atoms with Crippen molar-refractivity contribution in [2.24, 2.45) is 0 Å². The lowest BCUT2D eigenvalue weighted by atomic mass is 9.96. The minimum Gasteiger partial charge on any atom is -0.352 e. The lowest BCUT2D eigenvalue weighted by Crippen LogP contribution is -2.42. The topological polar surface area (TPSA) is 88.9 Å². The minimum absolute atomic E-state index is 0.0565. The van der Waals surface area contributed by atoms with Gasteiger partial charge in [0.25, 0.3) is 0 Å². The number of carbonyl (C=O) groups excluding carboxylic acids is 2. The van der Waals surface area contributed by atoms with Crippen LogP contribution in [0.1, 0.15) is 42.9 Å². The van der Waals surface area contributed by atoms with E-state index in [0.29, 0.717) is 6.54 Å². The lowest BCUT2D eigenvalue weighted by molar-refractivity contribution is -0.125. The molecule has 0 saturated carbocycles. The molecule has 0 aliphatic carbocycles. The highest BCUT2D eigenvalue weighted by molar-refractivity contribution is 6.04. The summed E-state index contributed by atoms with van der Waals surface area (Å²) in [5.41, 5.74) is 1.71. The molecule has 2 N–H and O–H groups in total. The third-order valence-electron chi connectivity index (χ3n) is 5.00. The monoisotopic (exact) mass is 339 g/mol. The molecule has 0 saturated heterocycles. The van der Waals surface area contributed by atoms with Gasteiger partial charge in [0.15, 0.2) is 0 Å². The molecule has 25 heavy (non-hydrogen) atoms. The van der Waals surface area contributed by atoms with Crippen LogP contribution in [0, 0.1) is 0 Å². The summed E-state index contributed by atoms with van der Waals surface area (Å²) >= 11 is 0.